The van der Waals surface area contributed by atoms with Crippen molar-refractivity contribution in [2.24, 2.45) is 0 Å². The number of methoxy groups -OCH3 is 2. The van der Waals surface area contributed by atoms with Crippen molar-refractivity contribution >= 4 is 17.6 Å². The van der Waals surface area contributed by atoms with Crippen molar-refractivity contribution in [3.63, 3.8) is 0 Å². The third-order valence-corrected chi connectivity index (χ3v) is 4.51. The van der Waals surface area contributed by atoms with Crippen LogP contribution in [-0.2, 0) is 17.8 Å². The van der Waals surface area contributed by atoms with Gasteiger partial charge >= 0.3 is 5.97 Å². The Bertz CT molecular complexity index is 1050. The fourth-order valence-electron chi connectivity index (χ4n) is 2.81. The van der Waals surface area contributed by atoms with Gasteiger partial charge in [-0.3, -0.25) is 4.79 Å². The third-order valence-electron chi connectivity index (χ3n) is 4.51. The lowest BCUT2D eigenvalue weighted by molar-refractivity contribution is -0.136. The summed E-state index contributed by atoms with van der Waals surface area (Å²) < 4.78 is 44.0. The van der Waals surface area contributed by atoms with E-state index in [1.807, 2.05) is 12.1 Å². The number of aromatic nitrogens is 2. The maximum Gasteiger partial charge on any atom is 0.303 e. The molecular formula is C22H21F2N3O5. The maximum absolute atomic E-state index is 14.4. The molecular weight excluding hydrogens is 424 g/mol. The Hall–Kier alpha value is -3.95. The molecule has 10 heteroatoms. The zero-order valence-corrected chi connectivity index (χ0v) is 17.4. The molecule has 0 saturated heterocycles. The molecule has 0 fully saturated rings. The van der Waals surface area contributed by atoms with E-state index in [9.17, 15) is 13.6 Å². The molecule has 3 aromatic rings. The highest BCUT2D eigenvalue weighted by atomic mass is 19.1. The van der Waals surface area contributed by atoms with E-state index in [4.69, 9.17) is 19.3 Å². The Labute approximate surface area is 182 Å². The molecule has 8 nitrogen and oxygen atoms in total. The molecule has 0 bridgehead atoms. The van der Waals surface area contributed by atoms with Gasteiger partial charge in [-0.05, 0) is 24.1 Å². The van der Waals surface area contributed by atoms with E-state index < -0.39 is 24.2 Å². The van der Waals surface area contributed by atoms with E-state index in [1.165, 1.54) is 26.6 Å². The van der Waals surface area contributed by atoms with Crippen molar-refractivity contribution < 1.29 is 32.9 Å². The van der Waals surface area contributed by atoms with Crippen LogP contribution in [0.3, 0.4) is 0 Å². The third kappa shape index (κ3) is 5.60. The number of carboxylic acids is 1. The first-order valence-electron chi connectivity index (χ1n) is 9.52. The quantitative estimate of drug-likeness (QED) is 0.481. The fraction of sp³-hybridized carbons (Fsp3) is 0.227. The zero-order chi connectivity index (χ0) is 23.1. The first kappa shape index (κ1) is 22.7. The minimum atomic E-state index is -0.878. The van der Waals surface area contributed by atoms with Crippen LogP contribution in [0.25, 0.3) is 0 Å². The molecule has 3 rings (SSSR count). The highest BCUT2D eigenvalue weighted by molar-refractivity contribution is 5.67. The second kappa shape index (κ2) is 10.4. The van der Waals surface area contributed by atoms with Crippen LogP contribution in [0, 0.1) is 11.6 Å². The Kier molecular flexibility index (Phi) is 7.37. The number of hydrogen-bond acceptors (Lipinski definition) is 7. The van der Waals surface area contributed by atoms with E-state index in [0.29, 0.717) is 12.1 Å². The molecule has 0 spiro atoms. The highest BCUT2D eigenvalue weighted by Crippen LogP contribution is 2.32. The number of benzene rings is 2. The monoisotopic (exact) mass is 445 g/mol. The van der Waals surface area contributed by atoms with Gasteiger partial charge in [-0.15, -0.1) is 0 Å². The summed E-state index contributed by atoms with van der Waals surface area (Å²) in [5.41, 5.74) is 1.27. The van der Waals surface area contributed by atoms with Crippen LogP contribution in [0.4, 0.5) is 20.4 Å². The van der Waals surface area contributed by atoms with Gasteiger partial charge < -0.3 is 24.6 Å². The molecule has 0 atom stereocenters. The number of anilines is 2. The molecule has 2 N–H and O–H groups in total. The molecule has 1 heterocycles. The summed E-state index contributed by atoms with van der Waals surface area (Å²) in [5, 5.41) is 11.7. The van der Waals surface area contributed by atoms with Gasteiger partial charge in [0.1, 0.15) is 6.61 Å². The molecule has 0 aliphatic rings. The summed E-state index contributed by atoms with van der Waals surface area (Å²) in [5.74, 6) is -2.43. The maximum atomic E-state index is 14.4. The lowest BCUT2D eigenvalue weighted by Gasteiger charge is -2.13. The van der Waals surface area contributed by atoms with Crippen LogP contribution in [0.5, 0.6) is 17.2 Å². The van der Waals surface area contributed by atoms with Gasteiger partial charge in [-0.1, -0.05) is 12.1 Å². The Balaban J connectivity index is 1.63. The summed E-state index contributed by atoms with van der Waals surface area (Å²) in [6.07, 6.45) is 3.24. The highest BCUT2D eigenvalue weighted by Gasteiger charge is 2.20. The van der Waals surface area contributed by atoms with Crippen molar-refractivity contribution in [3.05, 3.63) is 65.5 Å². The van der Waals surface area contributed by atoms with Crippen molar-refractivity contribution in [1.82, 2.24) is 9.97 Å². The van der Waals surface area contributed by atoms with Crippen molar-refractivity contribution in [2.45, 2.75) is 19.4 Å². The average molecular weight is 445 g/mol. The van der Waals surface area contributed by atoms with E-state index in [-0.39, 0.29) is 35.2 Å². The fourth-order valence-corrected chi connectivity index (χ4v) is 2.81. The van der Waals surface area contributed by atoms with Crippen LogP contribution in [-0.4, -0.2) is 35.3 Å². The lowest BCUT2D eigenvalue weighted by atomic mass is 10.1. The number of aliphatic carboxylic acids is 1. The largest absolute Gasteiger partial charge is 0.494 e. The first-order valence-corrected chi connectivity index (χ1v) is 9.52. The van der Waals surface area contributed by atoms with Gasteiger partial charge in [-0.2, -0.15) is 0 Å². The number of ether oxygens (including phenoxy) is 3. The van der Waals surface area contributed by atoms with Gasteiger partial charge in [0.2, 0.25) is 5.95 Å². The second-order valence-corrected chi connectivity index (χ2v) is 6.63. The number of rotatable bonds is 10. The number of aryl methyl sites for hydroxylation is 1. The SMILES string of the molecule is COc1cc(OC)c(F)c(COc2cnc(Nc3ccc(CCC(=O)O)cc3)nc2)c1F. The standard InChI is InChI=1S/C22H21F2N3O5/c1-30-17-9-18(31-2)21(24)16(20(17)23)12-32-15-10-25-22(26-11-15)27-14-6-3-13(4-7-14)5-8-19(28)29/h3-4,6-7,9-11H,5,8,12H2,1-2H3,(H,28,29)(H,25,26,27). The minimum Gasteiger partial charge on any atom is -0.494 e. The van der Waals surface area contributed by atoms with E-state index in [1.54, 1.807) is 12.1 Å². The van der Waals surface area contributed by atoms with Gasteiger partial charge in [0.15, 0.2) is 28.9 Å². The molecule has 0 saturated carbocycles. The van der Waals surface area contributed by atoms with Crippen LogP contribution >= 0.6 is 0 Å². The Morgan fingerprint density at radius 2 is 1.62 bits per heavy atom. The van der Waals surface area contributed by atoms with Crippen LogP contribution in [0.1, 0.15) is 17.5 Å². The van der Waals surface area contributed by atoms with Gasteiger partial charge in [0, 0.05) is 18.2 Å². The topological polar surface area (TPSA) is 103 Å². The number of hydrogen-bond donors (Lipinski definition) is 2. The molecule has 1 aromatic heterocycles. The molecule has 0 unspecified atom stereocenters. The summed E-state index contributed by atoms with van der Waals surface area (Å²) in [4.78, 5) is 18.9. The summed E-state index contributed by atoms with van der Waals surface area (Å²) in [6, 6.07) is 8.32. The normalized spacial score (nSPS) is 10.5. The smallest absolute Gasteiger partial charge is 0.303 e. The van der Waals surface area contributed by atoms with Gasteiger partial charge in [0.25, 0.3) is 0 Å². The number of carboxylic acid groups (broad SMARTS) is 1. The number of nitrogens with zero attached hydrogens (tertiary/aromatic N) is 2. The first-order chi connectivity index (χ1) is 15.4. The number of nitrogens with one attached hydrogen (secondary N) is 1. The molecule has 168 valence electrons. The summed E-state index contributed by atoms with van der Waals surface area (Å²) >= 11 is 0. The summed E-state index contributed by atoms with van der Waals surface area (Å²) in [6.45, 7) is -0.417. The molecule has 0 amide bonds. The lowest BCUT2D eigenvalue weighted by Crippen LogP contribution is -2.06. The van der Waals surface area contributed by atoms with Crippen molar-refractivity contribution in [3.8, 4) is 17.2 Å². The van der Waals surface area contributed by atoms with Crippen LogP contribution in [0.15, 0.2) is 42.7 Å². The second-order valence-electron chi connectivity index (χ2n) is 6.63. The van der Waals surface area contributed by atoms with Gasteiger partial charge in [-0.25, -0.2) is 18.7 Å². The number of carbonyl (C=O) groups is 1. The van der Waals surface area contributed by atoms with E-state index >= 15 is 0 Å². The van der Waals surface area contributed by atoms with E-state index in [2.05, 4.69) is 15.3 Å². The zero-order valence-electron chi connectivity index (χ0n) is 17.4. The molecule has 0 aliphatic carbocycles. The average Bonchev–Trinajstić information content (AvgIpc) is 2.80. The molecule has 2 aromatic carbocycles. The molecule has 0 radical (unpaired) electrons. The van der Waals surface area contributed by atoms with Crippen molar-refractivity contribution in [2.75, 3.05) is 19.5 Å². The van der Waals surface area contributed by atoms with E-state index in [0.717, 1.165) is 11.6 Å². The Morgan fingerprint density at radius 3 is 2.16 bits per heavy atom. The minimum absolute atomic E-state index is 0.0632. The predicted molar refractivity (Wildman–Crippen MR) is 112 cm³/mol. The van der Waals surface area contributed by atoms with Gasteiger partial charge in [0.05, 0.1) is 32.2 Å². The molecule has 32 heavy (non-hydrogen) atoms. The molecule has 0 aliphatic heterocycles. The van der Waals surface area contributed by atoms with Crippen LogP contribution in [0.2, 0.25) is 0 Å². The summed E-state index contributed by atoms with van der Waals surface area (Å²) in [7, 11) is 2.53. The predicted octanol–water partition coefficient (Wildman–Crippen LogP) is 4.11. The number of halogens is 2. The van der Waals surface area contributed by atoms with Crippen LogP contribution < -0.4 is 19.5 Å². The Morgan fingerprint density at radius 1 is 1.03 bits per heavy atom. The van der Waals surface area contributed by atoms with Crippen molar-refractivity contribution in [1.29, 1.82) is 0 Å².